The fourth-order valence-electron chi connectivity index (χ4n) is 8.34. The zero-order chi connectivity index (χ0) is 22.4. The third-order valence-electron chi connectivity index (χ3n) is 9.52. The number of hydrogen-bond acceptors (Lipinski definition) is 5. The predicted molar refractivity (Wildman–Crippen MR) is 117 cm³/mol. The van der Waals surface area contributed by atoms with E-state index >= 15 is 0 Å². The van der Waals surface area contributed by atoms with Crippen LogP contribution in [-0.2, 0) is 23.9 Å². The van der Waals surface area contributed by atoms with Gasteiger partial charge in [0.25, 0.3) is 0 Å². The van der Waals surface area contributed by atoms with Gasteiger partial charge in [-0.05, 0) is 80.5 Å². The monoisotopic (exact) mass is 430 g/mol. The van der Waals surface area contributed by atoms with Crippen molar-refractivity contribution in [2.75, 3.05) is 6.61 Å². The predicted octanol–water partition coefficient (Wildman–Crippen LogP) is 4.88. The Morgan fingerprint density at radius 2 is 1.90 bits per heavy atom. The highest BCUT2D eigenvalue weighted by molar-refractivity contribution is 5.84. The number of esters is 1. The number of aldehydes is 1. The summed E-state index contributed by atoms with van der Waals surface area (Å²) in [7, 11) is 0. The van der Waals surface area contributed by atoms with Crippen molar-refractivity contribution in [3.05, 3.63) is 11.8 Å². The molecule has 0 unspecified atom stereocenters. The van der Waals surface area contributed by atoms with Gasteiger partial charge in [-0.3, -0.25) is 14.4 Å². The molecule has 0 heterocycles. The summed E-state index contributed by atoms with van der Waals surface area (Å²) in [5.41, 5.74) is -0.113. The highest BCUT2D eigenvalue weighted by atomic mass is 16.5. The van der Waals surface area contributed by atoms with Gasteiger partial charge in [-0.2, -0.15) is 0 Å². The van der Waals surface area contributed by atoms with Gasteiger partial charge in [-0.25, -0.2) is 0 Å². The molecule has 4 rings (SSSR count). The second-order valence-electron chi connectivity index (χ2n) is 11.0. The molecule has 0 radical (unpaired) electrons. The molecule has 0 bridgehead atoms. The van der Waals surface area contributed by atoms with Gasteiger partial charge in [0, 0.05) is 31.3 Å². The molecule has 0 aromatic rings. The van der Waals surface area contributed by atoms with Crippen molar-refractivity contribution in [1.82, 2.24) is 0 Å². The first-order valence-corrected chi connectivity index (χ1v) is 12.2. The van der Waals surface area contributed by atoms with Crippen LogP contribution < -0.4 is 0 Å². The molecular formula is C26H38O5. The lowest BCUT2D eigenvalue weighted by Gasteiger charge is -2.60. The summed E-state index contributed by atoms with van der Waals surface area (Å²) in [6.45, 7) is 8.59. The van der Waals surface area contributed by atoms with Crippen LogP contribution >= 0.6 is 0 Å². The SMILES string of the molecule is CCOC(=CC=O)[C@H]1CC[C@H]2[C@@H]3CC[C@H]4C[C@H](OC(C)=O)CC[C@]4(C)[C@H]3C(=O)C[C@]12C. The first-order chi connectivity index (χ1) is 14.7. The number of ketones is 1. The Morgan fingerprint density at radius 3 is 2.58 bits per heavy atom. The molecular weight excluding hydrogens is 392 g/mol. The largest absolute Gasteiger partial charge is 0.498 e. The van der Waals surface area contributed by atoms with Gasteiger partial charge >= 0.3 is 5.97 Å². The summed E-state index contributed by atoms with van der Waals surface area (Å²) in [6, 6.07) is 0. The Balaban J connectivity index is 1.59. The molecule has 0 amide bonds. The molecule has 4 saturated carbocycles. The van der Waals surface area contributed by atoms with Crippen molar-refractivity contribution < 1.29 is 23.9 Å². The molecule has 0 spiro atoms. The van der Waals surface area contributed by atoms with Crippen LogP contribution in [0.1, 0.15) is 79.1 Å². The van der Waals surface area contributed by atoms with Crippen LogP contribution in [0.4, 0.5) is 0 Å². The fraction of sp³-hybridized carbons (Fsp3) is 0.808. The quantitative estimate of drug-likeness (QED) is 0.269. The first-order valence-electron chi connectivity index (χ1n) is 12.2. The van der Waals surface area contributed by atoms with E-state index in [1.54, 1.807) is 6.08 Å². The Kier molecular flexibility index (Phi) is 6.08. The maximum atomic E-state index is 13.8. The summed E-state index contributed by atoms with van der Waals surface area (Å²) in [5, 5.41) is 0. The average molecular weight is 431 g/mol. The van der Waals surface area contributed by atoms with Crippen LogP contribution in [0.5, 0.6) is 0 Å². The molecule has 172 valence electrons. The van der Waals surface area contributed by atoms with Crippen molar-refractivity contribution in [1.29, 1.82) is 0 Å². The minimum Gasteiger partial charge on any atom is -0.498 e. The Morgan fingerprint density at radius 1 is 1.13 bits per heavy atom. The van der Waals surface area contributed by atoms with Crippen LogP contribution in [0, 0.1) is 40.4 Å². The standard InChI is InChI=1S/C26H38O5/c1-5-30-23(11-13-27)21-9-8-20-19-7-6-17-14-18(31-16(2)28)10-12-25(17,3)24(19)22(29)15-26(20,21)4/h11,13,17-21,24H,5-10,12,14-15H2,1-4H3/t17-,18+,19-,20-,21+,24+,25-,26-/m0/s1. The number of rotatable bonds is 5. The summed E-state index contributed by atoms with van der Waals surface area (Å²) in [5.74, 6) is 2.63. The number of allylic oxidation sites excluding steroid dienone is 2. The van der Waals surface area contributed by atoms with Gasteiger partial charge in [-0.1, -0.05) is 13.8 Å². The molecule has 0 aromatic carbocycles. The van der Waals surface area contributed by atoms with Crippen molar-refractivity contribution in [2.45, 2.75) is 85.2 Å². The van der Waals surface area contributed by atoms with Crippen LogP contribution in [0.15, 0.2) is 11.8 Å². The zero-order valence-corrected chi connectivity index (χ0v) is 19.5. The van der Waals surface area contributed by atoms with Gasteiger partial charge in [-0.15, -0.1) is 0 Å². The number of Topliss-reactive ketones (excluding diaryl/α,β-unsaturated/α-hetero) is 1. The molecule has 0 aliphatic heterocycles. The van der Waals surface area contributed by atoms with E-state index in [-0.39, 0.29) is 34.7 Å². The van der Waals surface area contributed by atoms with Gasteiger partial charge in [0.2, 0.25) is 0 Å². The van der Waals surface area contributed by atoms with Crippen LogP contribution in [0.25, 0.3) is 0 Å². The molecule has 5 heteroatoms. The van der Waals surface area contributed by atoms with E-state index in [1.165, 1.54) is 6.92 Å². The van der Waals surface area contributed by atoms with Crippen molar-refractivity contribution in [3.63, 3.8) is 0 Å². The van der Waals surface area contributed by atoms with Crippen molar-refractivity contribution >= 4 is 18.0 Å². The highest BCUT2D eigenvalue weighted by Gasteiger charge is 2.63. The summed E-state index contributed by atoms with van der Waals surface area (Å²) in [6.07, 6.45) is 10.0. The lowest BCUT2D eigenvalue weighted by Crippen LogP contribution is -2.58. The van der Waals surface area contributed by atoms with E-state index < -0.39 is 0 Å². The van der Waals surface area contributed by atoms with E-state index in [2.05, 4.69) is 13.8 Å². The average Bonchev–Trinajstić information content (AvgIpc) is 3.04. The van der Waals surface area contributed by atoms with Gasteiger partial charge in [0.15, 0.2) is 0 Å². The van der Waals surface area contributed by atoms with E-state index in [9.17, 15) is 14.4 Å². The van der Waals surface area contributed by atoms with Gasteiger partial charge in [0.1, 0.15) is 23.9 Å². The maximum absolute atomic E-state index is 13.8. The number of carbonyl (C=O) groups excluding carboxylic acids is 3. The lowest BCUT2D eigenvalue weighted by molar-refractivity contribution is -0.169. The minimum absolute atomic E-state index is 0.00849. The Hall–Kier alpha value is -1.65. The Bertz CT molecular complexity index is 772. The second-order valence-corrected chi connectivity index (χ2v) is 11.0. The zero-order valence-electron chi connectivity index (χ0n) is 19.5. The normalized spacial score (nSPS) is 44.6. The van der Waals surface area contributed by atoms with Crippen LogP contribution in [-0.4, -0.2) is 30.7 Å². The van der Waals surface area contributed by atoms with Gasteiger partial charge < -0.3 is 9.47 Å². The van der Waals surface area contributed by atoms with Gasteiger partial charge in [0.05, 0.1) is 6.61 Å². The molecule has 4 aliphatic carbocycles. The third kappa shape index (κ3) is 3.66. The summed E-state index contributed by atoms with van der Waals surface area (Å²) < 4.78 is 11.4. The molecule has 31 heavy (non-hydrogen) atoms. The second kappa shape index (κ2) is 8.37. The number of carbonyl (C=O) groups is 3. The first kappa shape index (κ1) is 22.5. The number of fused-ring (bicyclic) bond motifs is 5. The molecule has 8 atom stereocenters. The lowest BCUT2D eigenvalue weighted by atomic mass is 9.44. The number of ether oxygens (including phenoxy) is 2. The fourth-order valence-corrected chi connectivity index (χ4v) is 8.34. The number of hydrogen-bond donors (Lipinski definition) is 0. The smallest absolute Gasteiger partial charge is 0.302 e. The van der Waals surface area contributed by atoms with E-state index in [0.717, 1.165) is 57.0 Å². The summed E-state index contributed by atoms with van der Waals surface area (Å²) >= 11 is 0. The molecule has 0 aromatic heterocycles. The third-order valence-corrected chi connectivity index (χ3v) is 9.52. The molecule has 4 aliphatic rings. The van der Waals surface area contributed by atoms with Crippen molar-refractivity contribution in [3.8, 4) is 0 Å². The Labute approximate surface area is 186 Å². The molecule has 0 N–H and O–H groups in total. The van der Waals surface area contributed by atoms with E-state index in [1.807, 2.05) is 6.92 Å². The molecule has 4 fully saturated rings. The van der Waals surface area contributed by atoms with Crippen LogP contribution in [0.2, 0.25) is 0 Å². The maximum Gasteiger partial charge on any atom is 0.302 e. The highest BCUT2D eigenvalue weighted by Crippen LogP contribution is 2.67. The van der Waals surface area contributed by atoms with E-state index in [4.69, 9.17) is 9.47 Å². The minimum atomic E-state index is -0.197. The summed E-state index contributed by atoms with van der Waals surface area (Å²) in [4.78, 5) is 36.5. The topological polar surface area (TPSA) is 69.7 Å². The molecule has 0 saturated heterocycles. The van der Waals surface area contributed by atoms with Crippen LogP contribution in [0.3, 0.4) is 0 Å². The molecule has 5 nitrogen and oxygen atoms in total. The van der Waals surface area contributed by atoms with Crippen molar-refractivity contribution in [2.24, 2.45) is 40.4 Å². The van der Waals surface area contributed by atoms with E-state index in [0.29, 0.717) is 36.6 Å².